The molecule has 0 spiro atoms. The Bertz CT molecular complexity index is 644. The largest absolute Gasteiger partial charge is 0.416 e. The van der Waals surface area contributed by atoms with Crippen LogP contribution < -0.4 is 27.8 Å². The lowest BCUT2D eigenvalue weighted by Gasteiger charge is -2.52. The molecule has 10 heteroatoms. The van der Waals surface area contributed by atoms with E-state index in [4.69, 9.17) is 44.8 Å². The van der Waals surface area contributed by atoms with Crippen LogP contribution in [0.4, 0.5) is 0 Å². The Morgan fingerprint density at radius 1 is 1.13 bits per heavy atom. The van der Waals surface area contributed by atoms with E-state index in [1.165, 1.54) is 0 Å². The molecule has 0 aliphatic carbocycles. The summed E-state index contributed by atoms with van der Waals surface area (Å²) in [5, 5.41) is 6.23. The van der Waals surface area contributed by atoms with Crippen LogP contribution in [0.2, 0.25) is 18.1 Å². The van der Waals surface area contributed by atoms with Crippen LogP contribution in [0.3, 0.4) is 0 Å². The SMILES string of the molecule is CC(C)(C)[Si](C)(C)OCCN1CC2=C(C(CCN)C1)C(Cl)(CCN)NC(Cl)(CCN)N2. The van der Waals surface area contributed by atoms with E-state index in [2.05, 4.69) is 49.4 Å². The lowest BCUT2D eigenvalue weighted by Crippen LogP contribution is -2.68. The van der Waals surface area contributed by atoms with Crippen LogP contribution in [-0.2, 0) is 4.43 Å². The van der Waals surface area contributed by atoms with E-state index in [1.54, 1.807) is 0 Å². The van der Waals surface area contributed by atoms with Gasteiger partial charge in [0.1, 0.15) is 5.00 Å². The van der Waals surface area contributed by atoms with E-state index in [0.29, 0.717) is 32.5 Å². The van der Waals surface area contributed by atoms with Crippen LogP contribution in [0.15, 0.2) is 11.3 Å². The van der Waals surface area contributed by atoms with Crippen molar-refractivity contribution in [2.45, 2.75) is 68.3 Å². The van der Waals surface area contributed by atoms with Crippen molar-refractivity contribution in [3.05, 3.63) is 11.3 Å². The monoisotopic (exact) mass is 494 g/mol. The molecule has 0 saturated carbocycles. The molecule has 3 atom stereocenters. The topological polar surface area (TPSA) is 115 Å². The van der Waals surface area contributed by atoms with Crippen molar-refractivity contribution in [2.75, 3.05) is 45.9 Å². The van der Waals surface area contributed by atoms with Crippen molar-refractivity contribution < 1.29 is 4.43 Å². The lowest BCUT2D eigenvalue weighted by molar-refractivity contribution is 0.153. The molecule has 0 aromatic carbocycles. The first-order valence-electron chi connectivity index (χ1n) is 11.5. The Kier molecular flexibility index (Phi) is 9.32. The molecule has 0 fully saturated rings. The van der Waals surface area contributed by atoms with Gasteiger partial charge in [-0.3, -0.25) is 10.2 Å². The first-order chi connectivity index (χ1) is 14.3. The normalized spacial score (nSPS) is 30.3. The highest BCUT2D eigenvalue weighted by Crippen LogP contribution is 2.43. The molecule has 7 nitrogen and oxygen atoms in total. The summed E-state index contributed by atoms with van der Waals surface area (Å²) in [5.41, 5.74) is 20.0. The quantitative estimate of drug-likeness (QED) is 0.179. The summed E-state index contributed by atoms with van der Waals surface area (Å²) in [6, 6.07) is 0. The third-order valence-electron chi connectivity index (χ3n) is 6.94. The van der Waals surface area contributed by atoms with Gasteiger partial charge in [0, 0.05) is 38.4 Å². The van der Waals surface area contributed by atoms with Gasteiger partial charge >= 0.3 is 0 Å². The molecular formula is C21H44Cl2N6OSi. The van der Waals surface area contributed by atoms with Crippen LogP contribution in [0, 0.1) is 5.92 Å². The second kappa shape index (κ2) is 10.6. The molecule has 3 unspecified atom stereocenters. The molecule has 0 radical (unpaired) electrons. The van der Waals surface area contributed by atoms with Crippen LogP contribution in [0.5, 0.6) is 0 Å². The molecule has 182 valence electrons. The molecule has 2 rings (SSSR count). The van der Waals surface area contributed by atoms with Gasteiger partial charge in [0.15, 0.2) is 13.4 Å². The molecule has 31 heavy (non-hydrogen) atoms. The zero-order valence-electron chi connectivity index (χ0n) is 20.0. The maximum atomic E-state index is 7.17. The average molecular weight is 496 g/mol. The number of hydrogen-bond acceptors (Lipinski definition) is 7. The lowest BCUT2D eigenvalue weighted by atomic mass is 9.81. The van der Waals surface area contributed by atoms with Crippen LogP contribution in [0.1, 0.15) is 40.0 Å². The molecule has 2 heterocycles. The first kappa shape index (κ1) is 27.3. The fourth-order valence-corrected chi connectivity index (χ4v) is 6.32. The van der Waals surface area contributed by atoms with E-state index in [-0.39, 0.29) is 11.0 Å². The van der Waals surface area contributed by atoms with Crippen molar-refractivity contribution in [1.29, 1.82) is 0 Å². The number of alkyl halides is 2. The minimum Gasteiger partial charge on any atom is -0.416 e. The predicted octanol–water partition coefficient (Wildman–Crippen LogP) is 2.26. The van der Waals surface area contributed by atoms with Crippen molar-refractivity contribution in [2.24, 2.45) is 23.1 Å². The molecule has 2 aliphatic heterocycles. The highest BCUT2D eigenvalue weighted by Gasteiger charge is 2.49. The Morgan fingerprint density at radius 2 is 1.77 bits per heavy atom. The van der Waals surface area contributed by atoms with Crippen LogP contribution in [-0.4, -0.2) is 69.2 Å². The molecule has 0 aromatic rings. The second-order valence-corrected chi connectivity index (χ2v) is 16.5. The first-order valence-corrected chi connectivity index (χ1v) is 15.1. The molecule has 0 saturated heterocycles. The van der Waals surface area contributed by atoms with Gasteiger partial charge in [-0.05, 0) is 62.1 Å². The number of hydrogen-bond donors (Lipinski definition) is 5. The van der Waals surface area contributed by atoms with E-state index < -0.39 is 18.4 Å². The summed E-state index contributed by atoms with van der Waals surface area (Å²) in [7, 11) is -1.78. The summed E-state index contributed by atoms with van der Waals surface area (Å²) in [6.07, 6.45) is 1.98. The van der Waals surface area contributed by atoms with E-state index in [9.17, 15) is 0 Å². The maximum absolute atomic E-state index is 7.17. The van der Waals surface area contributed by atoms with Gasteiger partial charge < -0.3 is 26.9 Å². The van der Waals surface area contributed by atoms with E-state index in [1.807, 2.05) is 0 Å². The van der Waals surface area contributed by atoms with Gasteiger partial charge in [-0.25, -0.2) is 0 Å². The number of nitrogens with zero attached hydrogens (tertiary/aromatic N) is 1. The second-order valence-electron chi connectivity index (χ2n) is 10.4. The van der Waals surface area contributed by atoms with Gasteiger partial charge in [0.25, 0.3) is 0 Å². The van der Waals surface area contributed by atoms with Crippen LogP contribution >= 0.6 is 23.2 Å². The van der Waals surface area contributed by atoms with Gasteiger partial charge in [0.2, 0.25) is 0 Å². The van der Waals surface area contributed by atoms with E-state index in [0.717, 1.165) is 43.9 Å². The van der Waals surface area contributed by atoms with Gasteiger partial charge in [0.05, 0.1) is 0 Å². The fourth-order valence-electron chi connectivity index (χ4n) is 4.32. The fraction of sp³-hybridized carbons (Fsp3) is 0.905. The summed E-state index contributed by atoms with van der Waals surface area (Å²) >= 11 is 14.0. The molecule has 8 N–H and O–H groups in total. The zero-order valence-corrected chi connectivity index (χ0v) is 22.5. The molecule has 0 bridgehead atoms. The van der Waals surface area contributed by atoms with Crippen molar-refractivity contribution in [3.8, 4) is 0 Å². The standard InChI is InChI=1S/C21H44Cl2N6OSi/c1-19(2,3)31(4,5)30-13-12-29-14-16(6-9-24)18-17(15-29)27-21(23,8-11-26)28-20(18,22)7-10-25/h16,27-28H,6-15,24-26H2,1-5H3. The van der Waals surface area contributed by atoms with Gasteiger partial charge in [-0.1, -0.05) is 44.0 Å². The Balaban J connectivity index is 2.24. The molecule has 0 aromatic heterocycles. The predicted molar refractivity (Wildman–Crippen MR) is 135 cm³/mol. The Labute approximate surface area is 199 Å². The van der Waals surface area contributed by atoms with Crippen molar-refractivity contribution in [3.63, 3.8) is 0 Å². The highest BCUT2D eigenvalue weighted by molar-refractivity contribution is 6.74. The third kappa shape index (κ3) is 6.58. The van der Waals surface area contributed by atoms with Crippen molar-refractivity contribution >= 4 is 31.5 Å². The van der Waals surface area contributed by atoms with Crippen LogP contribution in [0.25, 0.3) is 0 Å². The highest BCUT2D eigenvalue weighted by atomic mass is 35.5. The summed E-state index contributed by atoms with van der Waals surface area (Å²) in [6.45, 7) is 16.1. The number of nitrogens with two attached hydrogens (primary N) is 3. The molecule has 2 aliphatic rings. The molecule has 0 amide bonds. The van der Waals surface area contributed by atoms with Gasteiger partial charge in [-0.15, -0.1) is 0 Å². The molecular weight excluding hydrogens is 451 g/mol. The Hall–Kier alpha value is 0.0969. The Morgan fingerprint density at radius 3 is 2.32 bits per heavy atom. The maximum Gasteiger partial charge on any atom is 0.192 e. The van der Waals surface area contributed by atoms with Gasteiger partial charge in [-0.2, -0.15) is 0 Å². The summed E-state index contributed by atoms with van der Waals surface area (Å²) in [4.78, 5) is 1.62. The number of rotatable bonds is 10. The minimum atomic E-state index is -1.78. The average Bonchev–Trinajstić information content (AvgIpc) is 2.60. The summed E-state index contributed by atoms with van der Waals surface area (Å²) in [5.74, 6) is 0.227. The smallest absolute Gasteiger partial charge is 0.192 e. The van der Waals surface area contributed by atoms with Crippen molar-refractivity contribution in [1.82, 2.24) is 15.5 Å². The van der Waals surface area contributed by atoms with E-state index >= 15 is 0 Å². The number of nitrogens with one attached hydrogen (secondary N) is 2. The zero-order chi connectivity index (χ0) is 23.5. The summed E-state index contributed by atoms with van der Waals surface area (Å²) < 4.78 is 6.43. The minimum absolute atomic E-state index is 0.199. The third-order valence-corrected chi connectivity index (χ3v) is 12.3. The number of halogens is 2.